The minimum Gasteiger partial charge on any atom is -0.493 e. The molecule has 3 aromatic rings. The lowest BCUT2D eigenvalue weighted by Crippen LogP contribution is -2.54. The molecule has 1 heterocycles. The van der Waals surface area contributed by atoms with Crippen LogP contribution >= 0.6 is 11.6 Å². The monoisotopic (exact) mass is 520 g/mol. The number of imide groups is 2. The first-order valence-corrected chi connectivity index (χ1v) is 11.8. The maximum Gasteiger partial charge on any atom is 0.335 e. The minimum atomic E-state index is -0.816. The van der Waals surface area contributed by atoms with E-state index in [2.05, 4.69) is 5.32 Å². The average molecular weight is 521 g/mol. The predicted octanol–water partition coefficient (Wildman–Crippen LogP) is 5.09. The van der Waals surface area contributed by atoms with Crippen LogP contribution in [0.4, 0.5) is 10.5 Å². The van der Waals surface area contributed by atoms with E-state index >= 15 is 0 Å². The number of ether oxygens (including phenoxy) is 3. The van der Waals surface area contributed by atoms with Crippen molar-refractivity contribution in [3.05, 3.63) is 87.9 Å². The molecule has 1 fully saturated rings. The van der Waals surface area contributed by atoms with Gasteiger partial charge in [0, 0.05) is 0 Å². The van der Waals surface area contributed by atoms with Gasteiger partial charge in [0.25, 0.3) is 11.8 Å². The number of methoxy groups -OCH3 is 1. The van der Waals surface area contributed by atoms with Gasteiger partial charge in [-0.25, -0.2) is 9.69 Å². The number of hydrogen-bond acceptors (Lipinski definition) is 6. The highest BCUT2D eigenvalue weighted by Crippen LogP contribution is 2.37. The smallest absolute Gasteiger partial charge is 0.335 e. The van der Waals surface area contributed by atoms with Gasteiger partial charge in [0.1, 0.15) is 24.5 Å². The van der Waals surface area contributed by atoms with Crippen molar-refractivity contribution in [2.24, 2.45) is 0 Å². The number of para-hydroxylation sites is 1. The number of amides is 4. The molecule has 0 atom stereocenters. The number of carbonyl (C=O) groups is 3. The van der Waals surface area contributed by atoms with Crippen molar-refractivity contribution in [3.63, 3.8) is 0 Å². The summed E-state index contributed by atoms with van der Waals surface area (Å²) in [7, 11) is 1.45. The van der Waals surface area contributed by atoms with Crippen LogP contribution in [0.25, 0.3) is 6.08 Å². The third-order valence-electron chi connectivity index (χ3n) is 5.64. The molecule has 0 bridgehead atoms. The number of aryl methyl sites for hydroxylation is 2. The van der Waals surface area contributed by atoms with Crippen molar-refractivity contribution >= 4 is 41.2 Å². The van der Waals surface area contributed by atoms with E-state index in [0.717, 1.165) is 21.8 Å². The molecule has 0 aromatic heterocycles. The first-order valence-electron chi connectivity index (χ1n) is 11.5. The van der Waals surface area contributed by atoms with E-state index in [4.69, 9.17) is 25.8 Å². The summed E-state index contributed by atoms with van der Waals surface area (Å²) in [6, 6.07) is 16.8. The van der Waals surface area contributed by atoms with Gasteiger partial charge >= 0.3 is 6.03 Å². The average Bonchev–Trinajstić information content (AvgIpc) is 2.87. The van der Waals surface area contributed by atoms with E-state index < -0.39 is 17.8 Å². The fourth-order valence-corrected chi connectivity index (χ4v) is 4.00. The Morgan fingerprint density at radius 3 is 2.32 bits per heavy atom. The van der Waals surface area contributed by atoms with Crippen LogP contribution in [0.3, 0.4) is 0 Å². The summed E-state index contributed by atoms with van der Waals surface area (Å²) in [5.74, 6) is -0.177. The SMILES string of the molecule is COc1cc(/C=C2\C(=O)NC(=O)N(c3ccc(C)cc3)C2=O)cc(Cl)c1OCCOc1ccccc1C. The second-order valence-electron chi connectivity index (χ2n) is 8.29. The molecule has 1 aliphatic rings. The Bertz CT molecular complexity index is 1380. The Hall–Kier alpha value is -4.30. The molecule has 0 radical (unpaired) electrons. The van der Waals surface area contributed by atoms with Crippen LogP contribution in [0.15, 0.2) is 66.2 Å². The molecule has 0 saturated carbocycles. The van der Waals surface area contributed by atoms with Gasteiger partial charge in [-0.3, -0.25) is 14.9 Å². The van der Waals surface area contributed by atoms with Crippen molar-refractivity contribution in [1.29, 1.82) is 0 Å². The first kappa shape index (κ1) is 25.8. The summed E-state index contributed by atoms with van der Waals surface area (Å²) in [4.78, 5) is 39.0. The summed E-state index contributed by atoms with van der Waals surface area (Å²) in [5, 5.41) is 2.43. The van der Waals surface area contributed by atoms with Crippen LogP contribution in [0.5, 0.6) is 17.2 Å². The van der Waals surface area contributed by atoms with Gasteiger partial charge in [0.05, 0.1) is 17.8 Å². The second-order valence-corrected chi connectivity index (χ2v) is 8.70. The summed E-state index contributed by atoms with van der Waals surface area (Å²) in [6.45, 7) is 4.34. The number of nitrogens with zero attached hydrogens (tertiary/aromatic N) is 1. The molecule has 190 valence electrons. The maximum absolute atomic E-state index is 13.1. The van der Waals surface area contributed by atoms with E-state index in [1.165, 1.54) is 13.2 Å². The maximum atomic E-state index is 13.1. The van der Waals surface area contributed by atoms with Crippen molar-refractivity contribution in [2.75, 3.05) is 25.2 Å². The first-order chi connectivity index (χ1) is 17.8. The third kappa shape index (κ3) is 5.76. The van der Waals surface area contributed by atoms with Crippen LogP contribution < -0.4 is 24.4 Å². The second kappa shape index (κ2) is 11.2. The third-order valence-corrected chi connectivity index (χ3v) is 5.92. The van der Waals surface area contributed by atoms with Crippen molar-refractivity contribution in [2.45, 2.75) is 13.8 Å². The standard InChI is InChI=1S/C28H25ClN2O6/c1-17-8-10-20(11-9-17)31-27(33)21(26(32)30-28(31)34)14-19-15-22(29)25(24(16-19)35-3)37-13-12-36-23-7-5-4-6-18(23)2/h4-11,14-16H,12-13H2,1-3H3,(H,30,32,34)/b21-14+. The summed E-state index contributed by atoms with van der Waals surface area (Å²) in [5.41, 5.74) is 2.52. The van der Waals surface area contributed by atoms with Crippen LogP contribution in [0.2, 0.25) is 5.02 Å². The largest absolute Gasteiger partial charge is 0.493 e. The number of carbonyl (C=O) groups excluding carboxylic acids is 3. The van der Waals surface area contributed by atoms with Crippen LogP contribution in [-0.4, -0.2) is 38.2 Å². The molecule has 4 rings (SSSR count). The predicted molar refractivity (Wildman–Crippen MR) is 140 cm³/mol. The van der Waals surface area contributed by atoms with E-state index in [-0.39, 0.29) is 23.8 Å². The molecule has 0 spiro atoms. The molecular formula is C28H25ClN2O6. The molecule has 0 unspecified atom stereocenters. The Kier molecular flexibility index (Phi) is 7.79. The number of halogens is 1. The zero-order valence-corrected chi connectivity index (χ0v) is 21.3. The van der Waals surface area contributed by atoms with Crippen LogP contribution in [-0.2, 0) is 9.59 Å². The van der Waals surface area contributed by atoms with Gasteiger partial charge in [0.2, 0.25) is 0 Å². The number of anilines is 1. The van der Waals surface area contributed by atoms with Crippen molar-refractivity contribution in [1.82, 2.24) is 5.32 Å². The molecule has 37 heavy (non-hydrogen) atoms. The van der Waals surface area contributed by atoms with Gasteiger partial charge in [0.15, 0.2) is 11.5 Å². The highest BCUT2D eigenvalue weighted by atomic mass is 35.5. The Morgan fingerprint density at radius 1 is 0.919 bits per heavy atom. The van der Waals surface area contributed by atoms with Crippen LogP contribution in [0, 0.1) is 13.8 Å². The number of urea groups is 1. The van der Waals surface area contributed by atoms with Gasteiger partial charge in [-0.1, -0.05) is 47.5 Å². The molecule has 1 N–H and O–H groups in total. The molecule has 1 aliphatic heterocycles. The van der Waals surface area contributed by atoms with E-state index in [0.29, 0.717) is 22.7 Å². The highest BCUT2D eigenvalue weighted by Gasteiger charge is 2.36. The van der Waals surface area contributed by atoms with Crippen LogP contribution in [0.1, 0.15) is 16.7 Å². The van der Waals surface area contributed by atoms with E-state index in [9.17, 15) is 14.4 Å². The zero-order chi connectivity index (χ0) is 26.5. The fourth-order valence-electron chi connectivity index (χ4n) is 3.73. The molecule has 3 aromatic carbocycles. The molecule has 1 saturated heterocycles. The highest BCUT2D eigenvalue weighted by molar-refractivity contribution is 6.39. The summed E-state index contributed by atoms with van der Waals surface area (Å²) >= 11 is 6.46. The lowest BCUT2D eigenvalue weighted by molar-refractivity contribution is -0.122. The Morgan fingerprint density at radius 2 is 1.62 bits per heavy atom. The van der Waals surface area contributed by atoms with Gasteiger partial charge < -0.3 is 14.2 Å². The Balaban J connectivity index is 1.53. The zero-order valence-electron chi connectivity index (χ0n) is 20.5. The van der Waals surface area contributed by atoms with E-state index in [1.807, 2.05) is 38.1 Å². The summed E-state index contributed by atoms with van der Waals surface area (Å²) in [6.07, 6.45) is 1.35. The summed E-state index contributed by atoms with van der Waals surface area (Å²) < 4.78 is 17.0. The quantitative estimate of drug-likeness (QED) is 0.252. The van der Waals surface area contributed by atoms with Crippen molar-refractivity contribution < 1.29 is 28.6 Å². The molecule has 9 heteroatoms. The molecule has 4 amide bonds. The normalized spacial score (nSPS) is 14.5. The van der Waals surface area contributed by atoms with Gasteiger partial charge in [-0.15, -0.1) is 0 Å². The number of benzene rings is 3. The Labute approximate surface area is 219 Å². The minimum absolute atomic E-state index is 0.208. The molecular weight excluding hydrogens is 496 g/mol. The number of rotatable bonds is 8. The number of hydrogen-bond donors (Lipinski definition) is 1. The molecule has 0 aliphatic carbocycles. The lowest BCUT2D eigenvalue weighted by atomic mass is 10.1. The topological polar surface area (TPSA) is 94.2 Å². The van der Waals surface area contributed by atoms with Gasteiger partial charge in [-0.2, -0.15) is 0 Å². The number of nitrogens with one attached hydrogen (secondary N) is 1. The van der Waals surface area contributed by atoms with Gasteiger partial charge in [-0.05, 0) is 61.4 Å². The van der Waals surface area contributed by atoms with Crippen molar-refractivity contribution in [3.8, 4) is 17.2 Å². The van der Waals surface area contributed by atoms with E-state index in [1.54, 1.807) is 36.4 Å². The molecule has 8 nitrogen and oxygen atoms in total. The number of barbiturate groups is 1. The lowest BCUT2D eigenvalue weighted by Gasteiger charge is -2.26. The fraction of sp³-hybridized carbons (Fsp3) is 0.179.